The molecule has 2 N–H and O–H groups in total. The maximum Gasteiger partial charge on any atom is 0.255 e. The standard InChI is InChI=1S/C18H25N3O3/c1-5-13-6-7-16-14(10-13)15(11-24-16)18(23)20-12(2)17(22)19-8-9-21(3)4/h6-7,10-12H,5,8-9H2,1-4H3,(H,19,22)(H,20,23)/t12-/m1/s1. The number of rotatable bonds is 7. The van der Waals surface area contributed by atoms with Crippen molar-refractivity contribution in [3.05, 3.63) is 35.6 Å². The number of benzene rings is 1. The van der Waals surface area contributed by atoms with Gasteiger partial charge in [0.25, 0.3) is 5.91 Å². The Balaban J connectivity index is 2.02. The van der Waals surface area contributed by atoms with Crippen molar-refractivity contribution in [3.63, 3.8) is 0 Å². The lowest BCUT2D eigenvalue weighted by Crippen LogP contribution is -2.46. The van der Waals surface area contributed by atoms with E-state index in [4.69, 9.17) is 4.42 Å². The van der Waals surface area contributed by atoms with Crippen LogP contribution in [0.4, 0.5) is 0 Å². The fourth-order valence-electron chi connectivity index (χ4n) is 2.37. The van der Waals surface area contributed by atoms with E-state index < -0.39 is 6.04 Å². The zero-order valence-corrected chi connectivity index (χ0v) is 14.7. The van der Waals surface area contributed by atoms with Crippen LogP contribution in [0.15, 0.2) is 28.9 Å². The van der Waals surface area contributed by atoms with Gasteiger partial charge in [-0.05, 0) is 45.1 Å². The average Bonchev–Trinajstić information content (AvgIpc) is 2.97. The molecular weight excluding hydrogens is 306 g/mol. The van der Waals surface area contributed by atoms with Crippen molar-refractivity contribution < 1.29 is 14.0 Å². The van der Waals surface area contributed by atoms with Gasteiger partial charge in [0.05, 0.1) is 5.56 Å². The fraction of sp³-hybridized carbons (Fsp3) is 0.444. The number of nitrogens with one attached hydrogen (secondary N) is 2. The smallest absolute Gasteiger partial charge is 0.255 e. The van der Waals surface area contributed by atoms with Crippen LogP contribution in [0.3, 0.4) is 0 Å². The second kappa shape index (κ2) is 7.97. The molecule has 0 radical (unpaired) electrons. The number of hydrogen-bond donors (Lipinski definition) is 2. The summed E-state index contributed by atoms with van der Waals surface area (Å²) in [7, 11) is 3.87. The Morgan fingerprint density at radius 3 is 2.71 bits per heavy atom. The lowest BCUT2D eigenvalue weighted by Gasteiger charge is -2.15. The van der Waals surface area contributed by atoms with Gasteiger partial charge in [-0.3, -0.25) is 9.59 Å². The van der Waals surface area contributed by atoms with Crippen LogP contribution < -0.4 is 10.6 Å². The predicted octanol–water partition coefficient (Wildman–Crippen LogP) is 1.79. The molecule has 1 aromatic heterocycles. The number of aryl methyl sites for hydroxylation is 1. The first-order chi connectivity index (χ1) is 11.4. The Labute approximate surface area is 142 Å². The monoisotopic (exact) mass is 331 g/mol. The third kappa shape index (κ3) is 4.35. The molecule has 0 aliphatic rings. The lowest BCUT2D eigenvalue weighted by molar-refractivity contribution is -0.122. The molecule has 1 heterocycles. The van der Waals surface area contributed by atoms with E-state index in [2.05, 4.69) is 17.6 Å². The van der Waals surface area contributed by atoms with Gasteiger partial charge in [0.15, 0.2) is 0 Å². The van der Waals surface area contributed by atoms with E-state index in [0.717, 1.165) is 23.9 Å². The molecule has 2 amide bonds. The molecule has 1 atom stereocenters. The molecule has 0 saturated carbocycles. The summed E-state index contributed by atoms with van der Waals surface area (Å²) in [5, 5.41) is 6.30. The highest BCUT2D eigenvalue weighted by Crippen LogP contribution is 2.23. The Morgan fingerprint density at radius 2 is 2.04 bits per heavy atom. The van der Waals surface area contributed by atoms with Crippen LogP contribution in [-0.4, -0.2) is 49.9 Å². The van der Waals surface area contributed by atoms with Crippen LogP contribution in [0.25, 0.3) is 11.0 Å². The van der Waals surface area contributed by atoms with E-state index in [-0.39, 0.29) is 11.8 Å². The maximum absolute atomic E-state index is 12.5. The van der Waals surface area contributed by atoms with Crippen LogP contribution in [0, 0.1) is 0 Å². The van der Waals surface area contributed by atoms with Gasteiger partial charge in [0.1, 0.15) is 17.9 Å². The van der Waals surface area contributed by atoms with Crippen molar-refractivity contribution in [2.75, 3.05) is 27.2 Å². The molecule has 130 valence electrons. The van der Waals surface area contributed by atoms with Gasteiger partial charge in [-0.15, -0.1) is 0 Å². The second-order valence-electron chi connectivity index (χ2n) is 6.12. The van der Waals surface area contributed by atoms with E-state index >= 15 is 0 Å². The molecule has 0 aliphatic carbocycles. The number of fused-ring (bicyclic) bond motifs is 1. The number of carbonyl (C=O) groups is 2. The summed E-state index contributed by atoms with van der Waals surface area (Å²) in [4.78, 5) is 26.5. The van der Waals surface area contributed by atoms with Crippen molar-refractivity contribution in [2.24, 2.45) is 0 Å². The largest absolute Gasteiger partial charge is 0.463 e. The average molecular weight is 331 g/mol. The molecule has 0 aliphatic heterocycles. The minimum absolute atomic E-state index is 0.202. The Hall–Kier alpha value is -2.34. The van der Waals surface area contributed by atoms with Gasteiger partial charge >= 0.3 is 0 Å². The van der Waals surface area contributed by atoms with Crippen molar-refractivity contribution in [3.8, 4) is 0 Å². The molecule has 0 bridgehead atoms. The summed E-state index contributed by atoms with van der Waals surface area (Å²) < 4.78 is 5.44. The minimum atomic E-state index is -0.612. The molecule has 0 saturated heterocycles. The van der Waals surface area contributed by atoms with Crippen molar-refractivity contribution >= 4 is 22.8 Å². The molecule has 1 aromatic carbocycles. The summed E-state index contributed by atoms with van der Waals surface area (Å²) >= 11 is 0. The zero-order valence-electron chi connectivity index (χ0n) is 14.7. The van der Waals surface area contributed by atoms with Crippen LogP contribution in [-0.2, 0) is 11.2 Å². The van der Waals surface area contributed by atoms with Crippen LogP contribution >= 0.6 is 0 Å². The molecule has 6 nitrogen and oxygen atoms in total. The molecule has 0 fully saturated rings. The van der Waals surface area contributed by atoms with E-state index in [1.165, 1.54) is 6.26 Å². The summed E-state index contributed by atoms with van der Waals surface area (Å²) in [6, 6.07) is 5.19. The quantitative estimate of drug-likeness (QED) is 0.811. The summed E-state index contributed by atoms with van der Waals surface area (Å²) in [6.45, 7) is 5.02. The molecule has 0 spiro atoms. The predicted molar refractivity (Wildman–Crippen MR) is 94.1 cm³/mol. The number of likely N-dealkylation sites (N-methyl/N-ethyl adjacent to an activating group) is 1. The molecular formula is C18H25N3O3. The first-order valence-corrected chi connectivity index (χ1v) is 8.15. The highest BCUT2D eigenvalue weighted by atomic mass is 16.3. The first-order valence-electron chi connectivity index (χ1n) is 8.15. The van der Waals surface area contributed by atoms with Gasteiger partial charge < -0.3 is 20.0 Å². The highest BCUT2D eigenvalue weighted by molar-refractivity contribution is 6.07. The van der Waals surface area contributed by atoms with E-state index in [1.54, 1.807) is 6.92 Å². The van der Waals surface area contributed by atoms with Gasteiger partial charge in [-0.2, -0.15) is 0 Å². The van der Waals surface area contributed by atoms with Crippen LogP contribution in [0.5, 0.6) is 0 Å². The number of nitrogens with zero attached hydrogens (tertiary/aromatic N) is 1. The summed E-state index contributed by atoms with van der Waals surface area (Å²) in [5.74, 6) is -0.510. The molecule has 24 heavy (non-hydrogen) atoms. The van der Waals surface area contributed by atoms with Gasteiger partial charge in [-0.1, -0.05) is 13.0 Å². The number of amides is 2. The van der Waals surface area contributed by atoms with Crippen molar-refractivity contribution in [1.82, 2.24) is 15.5 Å². The topological polar surface area (TPSA) is 74.6 Å². The highest BCUT2D eigenvalue weighted by Gasteiger charge is 2.19. The van der Waals surface area contributed by atoms with Gasteiger partial charge in [0, 0.05) is 18.5 Å². The van der Waals surface area contributed by atoms with E-state index in [0.29, 0.717) is 17.7 Å². The Morgan fingerprint density at radius 1 is 1.29 bits per heavy atom. The van der Waals surface area contributed by atoms with E-state index in [9.17, 15) is 9.59 Å². The zero-order chi connectivity index (χ0) is 17.7. The molecule has 2 aromatic rings. The normalized spacial score (nSPS) is 12.4. The SMILES string of the molecule is CCc1ccc2occ(C(=O)N[C@H](C)C(=O)NCCN(C)C)c2c1. The summed E-state index contributed by atoms with van der Waals surface area (Å²) in [6.07, 6.45) is 2.32. The second-order valence-corrected chi connectivity index (χ2v) is 6.12. The first kappa shape index (κ1) is 18.0. The van der Waals surface area contributed by atoms with Crippen LogP contribution in [0.2, 0.25) is 0 Å². The third-order valence-electron chi connectivity index (χ3n) is 3.89. The molecule has 6 heteroatoms. The van der Waals surface area contributed by atoms with Gasteiger partial charge in [0.2, 0.25) is 5.91 Å². The maximum atomic E-state index is 12.5. The van der Waals surface area contributed by atoms with Crippen LogP contribution in [0.1, 0.15) is 29.8 Å². The van der Waals surface area contributed by atoms with Gasteiger partial charge in [-0.25, -0.2) is 0 Å². The fourth-order valence-corrected chi connectivity index (χ4v) is 2.37. The number of furan rings is 1. The molecule has 0 unspecified atom stereocenters. The van der Waals surface area contributed by atoms with Crippen molar-refractivity contribution in [2.45, 2.75) is 26.3 Å². The van der Waals surface area contributed by atoms with E-state index in [1.807, 2.05) is 37.2 Å². The Bertz CT molecular complexity index is 721. The third-order valence-corrected chi connectivity index (χ3v) is 3.89. The summed E-state index contributed by atoms with van der Waals surface area (Å²) in [5.41, 5.74) is 2.25. The Kier molecular flexibility index (Phi) is 5.98. The van der Waals surface area contributed by atoms with Crippen molar-refractivity contribution in [1.29, 1.82) is 0 Å². The number of hydrogen-bond acceptors (Lipinski definition) is 4. The lowest BCUT2D eigenvalue weighted by atomic mass is 10.1. The number of carbonyl (C=O) groups excluding carboxylic acids is 2. The minimum Gasteiger partial charge on any atom is -0.463 e. The molecule has 2 rings (SSSR count).